The number of carbonyl (C=O) groups excluding carboxylic acids is 1. The van der Waals surface area contributed by atoms with Crippen molar-refractivity contribution >= 4 is 5.97 Å². The van der Waals surface area contributed by atoms with Crippen LogP contribution in [0.3, 0.4) is 0 Å². The van der Waals surface area contributed by atoms with E-state index in [0.29, 0.717) is 12.2 Å². The monoisotopic (exact) mass is 326 g/mol. The zero-order chi connectivity index (χ0) is 17.2. The lowest BCUT2D eigenvalue weighted by Gasteiger charge is -2.37. The van der Waals surface area contributed by atoms with E-state index in [1.165, 1.54) is 7.11 Å². The second-order valence-electron chi connectivity index (χ2n) is 6.60. The molecule has 1 unspecified atom stereocenters. The molecular weight excluding hydrogens is 304 g/mol. The third-order valence-corrected chi connectivity index (χ3v) is 4.14. The predicted molar refractivity (Wildman–Crippen MR) is 91.1 cm³/mol. The van der Waals surface area contributed by atoms with E-state index >= 15 is 0 Å². The van der Waals surface area contributed by atoms with Crippen LogP contribution in [0.1, 0.15) is 47.9 Å². The van der Waals surface area contributed by atoms with Gasteiger partial charge in [0.05, 0.1) is 25.4 Å². The summed E-state index contributed by atoms with van der Waals surface area (Å²) in [6.45, 7) is 4.61. The average Bonchev–Trinajstić information content (AvgIpc) is 2.58. The highest BCUT2D eigenvalue weighted by Crippen LogP contribution is 2.42. The number of hydrogen-bond acceptors (Lipinski definition) is 4. The van der Waals surface area contributed by atoms with Crippen molar-refractivity contribution in [2.45, 2.75) is 38.6 Å². The molecule has 0 aliphatic carbocycles. The van der Waals surface area contributed by atoms with E-state index in [-0.39, 0.29) is 17.7 Å². The summed E-state index contributed by atoms with van der Waals surface area (Å²) in [6, 6.07) is 15.4. The van der Waals surface area contributed by atoms with Crippen LogP contribution in [0, 0.1) is 0 Å². The molecule has 0 amide bonds. The van der Waals surface area contributed by atoms with Gasteiger partial charge in [0, 0.05) is 12.0 Å². The molecule has 0 saturated heterocycles. The van der Waals surface area contributed by atoms with Crippen molar-refractivity contribution in [3.05, 3.63) is 65.2 Å². The summed E-state index contributed by atoms with van der Waals surface area (Å²) in [4.78, 5) is 11.8. The number of hydrogen-bond donors (Lipinski definition) is 0. The molecule has 1 aliphatic rings. The second-order valence-corrected chi connectivity index (χ2v) is 6.60. The summed E-state index contributed by atoms with van der Waals surface area (Å²) in [7, 11) is 1.38. The fourth-order valence-electron chi connectivity index (χ4n) is 2.95. The number of fused-ring (bicyclic) bond motifs is 1. The van der Waals surface area contributed by atoms with Gasteiger partial charge < -0.3 is 14.2 Å². The smallest absolute Gasteiger partial charge is 0.337 e. The standard InChI is InChI=1S/C20H22O4/c1-20(2)12-18(23-13-14-7-5-4-6-8-14)16-11-15(19(21)22-3)9-10-17(16)24-20/h4-11,18H,12-13H2,1-3H3. The van der Waals surface area contributed by atoms with Crippen LogP contribution >= 0.6 is 0 Å². The summed E-state index contributed by atoms with van der Waals surface area (Å²) in [5.41, 5.74) is 2.20. The average molecular weight is 326 g/mol. The molecule has 1 aliphatic heterocycles. The van der Waals surface area contributed by atoms with Gasteiger partial charge in [0.25, 0.3) is 0 Å². The lowest BCUT2D eigenvalue weighted by atomic mass is 9.90. The molecule has 0 fully saturated rings. The summed E-state index contributed by atoms with van der Waals surface area (Å²) >= 11 is 0. The Balaban J connectivity index is 1.87. The van der Waals surface area contributed by atoms with Crippen molar-refractivity contribution in [1.82, 2.24) is 0 Å². The van der Waals surface area contributed by atoms with Gasteiger partial charge in [0.2, 0.25) is 0 Å². The summed E-state index contributed by atoms with van der Waals surface area (Å²) in [5, 5.41) is 0. The molecule has 24 heavy (non-hydrogen) atoms. The summed E-state index contributed by atoms with van der Waals surface area (Å²) in [6.07, 6.45) is 0.589. The molecule has 1 atom stereocenters. The van der Waals surface area contributed by atoms with Gasteiger partial charge in [-0.3, -0.25) is 0 Å². The van der Waals surface area contributed by atoms with E-state index in [1.807, 2.05) is 56.3 Å². The van der Waals surface area contributed by atoms with Gasteiger partial charge >= 0.3 is 5.97 Å². The van der Waals surface area contributed by atoms with Gasteiger partial charge in [0.15, 0.2) is 0 Å². The topological polar surface area (TPSA) is 44.8 Å². The Morgan fingerprint density at radius 1 is 1.21 bits per heavy atom. The fourth-order valence-corrected chi connectivity index (χ4v) is 2.95. The molecule has 1 heterocycles. The fraction of sp³-hybridized carbons (Fsp3) is 0.350. The Hall–Kier alpha value is -2.33. The van der Waals surface area contributed by atoms with Crippen molar-refractivity contribution < 1.29 is 19.0 Å². The maximum absolute atomic E-state index is 11.8. The number of benzene rings is 2. The molecule has 0 spiro atoms. The Kier molecular flexibility index (Phi) is 4.58. The van der Waals surface area contributed by atoms with Crippen LogP contribution in [0.2, 0.25) is 0 Å². The van der Waals surface area contributed by atoms with Gasteiger partial charge in [-0.05, 0) is 37.6 Å². The number of ether oxygens (including phenoxy) is 3. The number of rotatable bonds is 4. The molecular formula is C20H22O4. The van der Waals surface area contributed by atoms with Gasteiger partial charge in [-0.15, -0.1) is 0 Å². The summed E-state index contributed by atoms with van der Waals surface area (Å²) in [5.74, 6) is 0.404. The first-order valence-corrected chi connectivity index (χ1v) is 8.05. The van der Waals surface area contributed by atoms with Gasteiger partial charge in [-0.1, -0.05) is 30.3 Å². The van der Waals surface area contributed by atoms with E-state index in [2.05, 4.69) is 0 Å². The maximum Gasteiger partial charge on any atom is 0.337 e. The van der Waals surface area contributed by atoms with Crippen molar-refractivity contribution in [1.29, 1.82) is 0 Å². The van der Waals surface area contributed by atoms with E-state index < -0.39 is 0 Å². The quantitative estimate of drug-likeness (QED) is 0.786. The minimum Gasteiger partial charge on any atom is -0.487 e. The molecule has 0 N–H and O–H groups in total. The first-order valence-electron chi connectivity index (χ1n) is 8.05. The van der Waals surface area contributed by atoms with Crippen LogP contribution in [0.4, 0.5) is 0 Å². The van der Waals surface area contributed by atoms with E-state index in [1.54, 1.807) is 6.07 Å². The van der Waals surface area contributed by atoms with Gasteiger partial charge in [-0.2, -0.15) is 0 Å². The Bertz CT molecular complexity index is 722. The van der Waals surface area contributed by atoms with Crippen molar-refractivity contribution in [3.63, 3.8) is 0 Å². The van der Waals surface area contributed by atoms with Crippen LogP contribution in [-0.2, 0) is 16.1 Å². The number of methoxy groups -OCH3 is 1. The highest BCUT2D eigenvalue weighted by atomic mass is 16.5. The van der Waals surface area contributed by atoms with Crippen LogP contribution in [0.15, 0.2) is 48.5 Å². The molecule has 0 saturated carbocycles. The second kappa shape index (κ2) is 6.65. The van der Waals surface area contributed by atoms with Gasteiger partial charge in [-0.25, -0.2) is 4.79 Å². The lowest BCUT2D eigenvalue weighted by Crippen LogP contribution is -2.35. The van der Waals surface area contributed by atoms with E-state index in [0.717, 1.165) is 23.3 Å². The highest BCUT2D eigenvalue weighted by Gasteiger charge is 2.35. The normalized spacial score (nSPS) is 18.4. The molecule has 0 bridgehead atoms. The third-order valence-electron chi connectivity index (χ3n) is 4.14. The number of carbonyl (C=O) groups is 1. The SMILES string of the molecule is COC(=O)c1ccc2c(c1)C(OCc1ccccc1)CC(C)(C)O2. The molecule has 126 valence electrons. The first-order chi connectivity index (χ1) is 11.5. The zero-order valence-corrected chi connectivity index (χ0v) is 14.2. The largest absolute Gasteiger partial charge is 0.487 e. The zero-order valence-electron chi connectivity index (χ0n) is 14.2. The molecule has 2 aromatic rings. The molecule has 4 heteroatoms. The first kappa shape index (κ1) is 16.5. The van der Waals surface area contributed by atoms with Gasteiger partial charge in [0.1, 0.15) is 11.4 Å². The van der Waals surface area contributed by atoms with Crippen molar-refractivity contribution in [2.75, 3.05) is 7.11 Å². The van der Waals surface area contributed by atoms with Crippen molar-refractivity contribution in [2.24, 2.45) is 0 Å². The predicted octanol–water partition coefficient (Wildman–Crippen LogP) is 4.29. The van der Waals surface area contributed by atoms with Crippen LogP contribution < -0.4 is 4.74 Å². The Morgan fingerprint density at radius 2 is 1.96 bits per heavy atom. The molecule has 2 aromatic carbocycles. The molecule has 0 aromatic heterocycles. The minimum atomic E-state index is -0.357. The summed E-state index contributed by atoms with van der Waals surface area (Å²) < 4.78 is 17.0. The highest BCUT2D eigenvalue weighted by molar-refractivity contribution is 5.89. The van der Waals surface area contributed by atoms with Crippen LogP contribution in [0.25, 0.3) is 0 Å². The third kappa shape index (κ3) is 3.60. The minimum absolute atomic E-state index is 0.131. The Labute approximate surface area is 142 Å². The van der Waals surface area contributed by atoms with Crippen LogP contribution in [0.5, 0.6) is 5.75 Å². The Morgan fingerprint density at radius 3 is 2.67 bits per heavy atom. The van der Waals surface area contributed by atoms with Crippen molar-refractivity contribution in [3.8, 4) is 5.75 Å². The molecule has 0 radical (unpaired) electrons. The van der Waals surface area contributed by atoms with Crippen LogP contribution in [-0.4, -0.2) is 18.7 Å². The molecule has 3 rings (SSSR count). The molecule has 4 nitrogen and oxygen atoms in total. The van der Waals surface area contributed by atoms with E-state index in [4.69, 9.17) is 14.2 Å². The lowest BCUT2D eigenvalue weighted by molar-refractivity contribution is -0.0390. The number of esters is 1. The maximum atomic E-state index is 11.8. The van der Waals surface area contributed by atoms with E-state index in [9.17, 15) is 4.79 Å².